The Balaban J connectivity index is 1.22. The van der Waals surface area contributed by atoms with Crippen LogP contribution >= 0.6 is 11.3 Å². The van der Waals surface area contributed by atoms with E-state index in [1.165, 1.54) is 43.7 Å². The number of nitrogens with zero attached hydrogens (tertiary/aromatic N) is 2. The van der Waals surface area contributed by atoms with Crippen LogP contribution in [0, 0.1) is 0 Å². The van der Waals surface area contributed by atoms with E-state index in [9.17, 15) is 10.2 Å². The van der Waals surface area contributed by atoms with E-state index in [4.69, 9.17) is 9.72 Å². The molecule has 0 spiro atoms. The third-order valence-corrected chi connectivity index (χ3v) is 7.19. The molecule has 1 saturated heterocycles. The van der Waals surface area contributed by atoms with E-state index < -0.39 is 0 Å². The molecule has 6 nitrogen and oxygen atoms in total. The van der Waals surface area contributed by atoms with Crippen molar-refractivity contribution in [3.05, 3.63) is 66.2 Å². The van der Waals surface area contributed by atoms with Crippen LogP contribution in [-0.4, -0.2) is 46.3 Å². The highest BCUT2D eigenvalue weighted by Gasteiger charge is 2.13. The zero-order valence-electron chi connectivity index (χ0n) is 19.0. The molecule has 0 atom stereocenters. The lowest BCUT2D eigenvalue weighted by Crippen LogP contribution is -2.33. The molecule has 1 aliphatic heterocycles. The van der Waals surface area contributed by atoms with Gasteiger partial charge in [-0.15, -0.1) is 11.3 Å². The third-order valence-electron chi connectivity index (χ3n) is 6.14. The van der Waals surface area contributed by atoms with Crippen molar-refractivity contribution in [2.24, 2.45) is 0 Å². The predicted octanol–water partition coefficient (Wildman–Crippen LogP) is 5.85. The molecule has 176 valence electrons. The highest BCUT2D eigenvalue weighted by molar-refractivity contribution is 7.21. The topological polar surface area (TPSA) is 77.9 Å². The highest BCUT2D eigenvalue weighted by atomic mass is 32.1. The third kappa shape index (κ3) is 5.43. The molecular formula is C27H29N3O3S. The Labute approximate surface area is 203 Å². The number of thiazole rings is 1. The average Bonchev–Trinajstić information content (AvgIpc) is 3.27. The standard InChI is InChI=1S/C27H29N3O3S/c31-20-6-10-23(27-29-24-11-7-21(32)17-26(24)34-27)25(16-20)28-18-19-4-8-22(9-5-19)33-15-14-30-12-2-1-3-13-30/h4-11,16-17,28,31-32H,1-3,12-15,18H2. The lowest BCUT2D eigenvalue weighted by atomic mass is 10.1. The second-order valence-electron chi connectivity index (χ2n) is 8.65. The fourth-order valence-electron chi connectivity index (χ4n) is 4.27. The summed E-state index contributed by atoms with van der Waals surface area (Å²) in [6, 6.07) is 18.6. The smallest absolute Gasteiger partial charge is 0.126 e. The summed E-state index contributed by atoms with van der Waals surface area (Å²) in [5.41, 5.74) is 3.68. The van der Waals surface area contributed by atoms with Crippen molar-refractivity contribution in [2.75, 3.05) is 31.6 Å². The highest BCUT2D eigenvalue weighted by Crippen LogP contribution is 2.37. The van der Waals surface area contributed by atoms with Crippen LogP contribution in [-0.2, 0) is 6.54 Å². The van der Waals surface area contributed by atoms with Crippen molar-refractivity contribution in [1.29, 1.82) is 0 Å². The first-order valence-corrected chi connectivity index (χ1v) is 12.6. The molecule has 0 saturated carbocycles. The van der Waals surface area contributed by atoms with Crippen molar-refractivity contribution in [3.8, 4) is 27.8 Å². The van der Waals surface area contributed by atoms with Crippen LogP contribution in [0.1, 0.15) is 24.8 Å². The van der Waals surface area contributed by atoms with E-state index in [-0.39, 0.29) is 11.5 Å². The number of benzene rings is 3. The SMILES string of the molecule is Oc1ccc(-c2nc3ccc(O)cc3s2)c(NCc2ccc(OCCN3CCCCC3)cc2)c1. The van der Waals surface area contributed by atoms with Crippen LogP contribution in [0.25, 0.3) is 20.8 Å². The molecule has 1 aliphatic rings. The monoisotopic (exact) mass is 475 g/mol. The van der Waals surface area contributed by atoms with E-state index in [2.05, 4.69) is 22.3 Å². The maximum atomic E-state index is 10.1. The van der Waals surface area contributed by atoms with Gasteiger partial charge < -0.3 is 20.3 Å². The van der Waals surface area contributed by atoms with Gasteiger partial charge in [-0.3, -0.25) is 4.90 Å². The number of aromatic nitrogens is 1. The molecular weight excluding hydrogens is 446 g/mol. The number of phenols is 2. The summed E-state index contributed by atoms with van der Waals surface area (Å²) in [5, 5.41) is 24.1. The Hall–Kier alpha value is -3.29. The summed E-state index contributed by atoms with van der Waals surface area (Å²) >= 11 is 1.51. The number of hydrogen-bond acceptors (Lipinski definition) is 7. The Morgan fingerprint density at radius 2 is 1.68 bits per heavy atom. The maximum Gasteiger partial charge on any atom is 0.126 e. The van der Waals surface area contributed by atoms with Crippen molar-refractivity contribution >= 4 is 27.2 Å². The molecule has 1 aromatic heterocycles. The number of fused-ring (bicyclic) bond motifs is 1. The van der Waals surface area contributed by atoms with Gasteiger partial charge in [0, 0.05) is 30.4 Å². The molecule has 0 aliphatic carbocycles. The first kappa shape index (κ1) is 22.5. The van der Waals surface area contributed by atoms with E-state index in [1.807, 2.05) is 24.3 Å². The molecule has 3 aromatic carbocycles. The summed E-state index contributed by atoms with van der Waals surface area (Å²) in [4.78, 5) is 7.18. The average molecular weight is 476 g/mol. The number of rotatable bonds is 8. The molecule has 1 fully saturated rings. The van der Waals surface area contributed by atoms with Gasteiger partial charge >= 0.3 is 0 Å². The molecule has 34 heavy (non-hydrogen) atoms. The zero-order chi connectivity index (χ0) is 23.3. The summed E-state index contributed by atoms with van der Waals surface area (Å²) in [7, 11) is 0. The molecule has 0 amide bonds. The molecule has 3 N–H and O–H groups in total. The number of nitrogens with one attached hydrogen (secondary N) is 1. The van der Waals surface area contributed by atoms with Crippen LogP contribution < -0.4 is 10.1 Å². The number of aromatic hydroxyl groups is 2. The lowest BCUT2D eigenvalue weighted by molar-refractivity contribution is 0.183. The molecule has 4 aromatic rings. The van der Waals surface area contributed by atoms with Crippen molar-refractivity contribution in [2.45, 2.75) is 25.8 Å². The summed E-state index contributed by atoms with van der Waals surface area (Å²) < 4.78 is 6.86. The number of hydrogen-bond donors (Lipinski definition) is 3. The Morgan fingerprint density at radius 1 is 0.912 bits per heavy atom. The van der Waals surface area contributed by atoms with E-state index in [0.717, 1.165) is 44.3 Å². The number of piperidine rings is 1. The number of ether oxygens (including phenoxy) is 1. The summed E-state index contributed by atoms with van der Waals surface area (Å²) in [6.45, 7) is 4.67. The van der Waals surface area contributed by atoms with Crippen molar-refractivity contribution in [3.63, 3.8) is 0 Å². The number of phenolic OH excluding ortho intramolecular Hbond substituents is 2. The minimum absolute atomic E-state index is 0.197. The predicted molar refractivity (Wildman–Crippen MR) is 138 cm³/mol. The molecule has 2 heterocycles. The van der Waals surface area contributed by atoms with Crippen LogP contribution in [0.3, 0.4) is 0 Å². The van der Waals surface area contributed by atoms with Gasteiger partial charge in [-0.25, -0.2) is 4.98 Å². The molecule has 0 bridgehead atoms. The van der Waals surface area contributed by atoms with Gasteiger partial charge in [0.15, 0.2) is 0 Å². The maximum absolute atomic E-state index is 10.1. The van der Waals surface area contributed by atoms with E-state index >= 15 is 0 Å². The summed E-state index contributed by atoms with van der Waals surface area (Å²) in [5.74, 6) is 1.31. The van der Waals surface area contributed by atoms with Gasteiger partial charge in [0.1, 0.15) is 28.9 Å². The van der Waals surface area contributed by atoms with Crippen molar-refractivity contribution in [1.82, 2.24) is 9.88 Å². The Bertz CT molecular complexity index is 1250. The van der Waals surface area contributed by atoms with Gasteiger partial charge in [0.05, 0.1) is 10.2 Å². The molecule has 7 heteroatoms. The number of likely N-dealkylation sites (tertiary alicyclic amines) is 1. The van der Waals surface area contributed by atoms with Gasteiger partial charge in [0.25, 0.3) is 0 Å². The minimum Gasteiger partial charge on any atom is -0.508 e. The molecule has 5 rings (SSSR count). The van der Waals surface area contributed by atoms with Crippen LogP contribution in [0.4, 0.5) is 5.69 Å². The van der Waals surface area contributed by atoms with E-state index in [1.54, 1.807) is 24.3 Å². The number of anilines is 1. The fraction of sp³-hybridized carbons (Fsp3) is 0.296. The van der Waals surface area contributed by atoms with Gasteiger partial charge in [-0.2, -0.15) is 0 Å². The minimum atomic E-state index is 0.197. The largest absolute Gasteiger partial charge is 0.508 e. The zero-order valence-corrected chi connectivity index (χ0v) is 19.9. The first-order valence-electron chi connectivity index (χ1n) is 11.7. The lowest BCUT2D eigenvalue weighted by Gasteiger charge is -2.26. The molecule has 0 radical (unpaired) electrons. The first-order chi connectivity index (χ1) is 16.6. The fourth-order valence-corrected chi connectivity index (χ4v) is 5.31. The van der Waals surface area contributed by atoms with Gasteiger partial charge in [0.2, 0.25) is 0 Å². The van der Waals surface area contributed by atoms with Gasteiger partial charge in [-0.05, 0) is 74.0 Å². The second kappa shape index (κ2) is 10.3. The van der Waals surface area contributed by atoms with E-state index in [0.29, 0.717) is 13.2 Å². The quantitative estimate of drug-likeness (QED) is 0.297. The van der Waals surface area contributed by atoms with Crippen LogP contribution in [0.5, 0.6) is 17.2 Å². The van der Waals surface area contributed by atoms with Crippen LogP contribution in [0.2, 0.25) is 0 Å². The van der Waals surface area contributed by atoms with Gasteiger partial charge in [-0.1, -0.05) is 18.6 Å². The van der Waals surface area contributed by atoms with Crippen molar-refractivity contribution < 1.29 is 14.9 Å². The second-order valence-corrected chi connectivity index (χ2v) is 9.68. The molecule has 0 unspecified atom stereocenters. The Kier molecular flexibility index (Phi) is 6.83. The Morgan fingerprint density at radius 3 is 2.50 bits per heavy atom. The summed E-state index contributed by atoms with van der Waals surface area (Å²) in [6.07, 6.45) is 3.94. The van der Waals surface area contributed by atoms with Crippen LogP contribution in [0.15, 0.2) is 60.7 Å². The normalized spacial score (nSPS) is 14.4.